The van der Waals surface area contributed by atoms with Crippen molar-refractivity contribution in [3.63, 3.8) is 0 Å². The fourth-order valence-corrected chi connectivity index (χ4v) is 5.04. The molecular weight excluding hydrogens is 406 g/mol. The topological polar surface area (TPSA) is 72.5 Å². The number of esters is 1. The molecular formula is C22H23NO4S2. The third-order valence-electron chi connectivity index (χ3n) is 4.48. The Balaban J connectivity index is 1.57. The highest BCUT2D eigenvalue weighted by atomic mass is 32.2. The van der Waals surface area contributed by atoms with Gasteiger partial charge in [0.1, 0.15) is 0 Å². The lowest BCUT2D eigenvalue weighted by atomic mass is 10.0. The first-order valence-corrected chi connectivity index (χ1v) is 11.5. The molecule has 0 aliphatic rings. The molecule has 152 valence electrons. The first-order valence-electron chi connectivity index (χ1n) is 9.20. The lowest BCUT2D eigenvalue weighted by Crippen LogP contribution is -2.27. The van der Waals surface area contributed by atoms with Gasteiger partial charge >= 0.3 is 5.97 Å². The van der Waals surface area contributed by atoms with Gasteiger partial charge in [0.25, 0.3) is 0 Å². The molecule has 0 saturated carbocycles. The summed E-state index contributed by atoms with van der Waals surface area (Å²) in [5, 5.41) is 0.494. The van der Waals surface area contributed by atoms with E-state index in [1.807, 2.05) is 45.0 Å². The van der Waals surface area contributed by atoms with Gasteiger partial charge in [0.15, 0.2) is 5.06 Å². The Labute approximate surface area is 175 Å². The molecule has 0 saturated heterocycles. The predicted octanol–water partition coefficient (Wildman–Crippen LogP) is 4.61. The van der Waals surface area contributed by atoms with Crippen molar-refractivity contribution in [1.82, 2.24) is 4.72 Å². The molecule has 0 aliphatic carbocycles. The number of ether oxygens (including phenoxy) is 1. The number of rotatable bonds is 7. The maximum absolute atomic E-state index is 12.2. The normalized spacial score (nSPS) is 11.4. The van der Waals surface area contributed by atoms with Crippen molar-refractivity contribution in [2.75, 3.05) is 6.54 Å². The average molecular weight is 430 g/mol. The van der Waals surface area contributed by atoms with Crippen LogP contribution in [0.25, 0.3) is 10.4 Å². The van der Waals surface area contributed by atoms with E-state index in [1.54, 1.807) is 18.2 Å². The van der Waals surface area contributed by atoms with Crippen molar-refractivity contribution in [2.24, 2.45) is 0 Å². The van der Waals surface area contributed by atoms with Gasteiger partial charge in [0, 0.05) is 11.4 Å². The van der Waals surface area contributed by atoms with E-state index in [0.29, 0.717) is 5.06 Å². The van der Waals surface area contributed by atoms with Crippen molar-refractivity contribution in [3.8, 4) is 15.5 Å². The highest BCUT2D eigenvalue weighted by molar-refractivity contribution is 7.89. The second-order valence-electron chi connectivity index (χ2n) is 6.82. The number of nitrogens with one attached hydrogen (secondary N) is 1. The van der Waals surface area contributed by atoms with Gasteiger partial charge < -0.3 is 4.74 Å². The lowest BCUT2D eigenvalue weighted by molar-refractivity contribution is -0.133. The summed E-state index contributed by atoms with van der Waals surface area (Å²) in [5.74, 6) is -0.480. The monoisotopic (exact) mass is 429 g/mol. The molecule has 3 aromatic rings. The van der Waals surface area contributed by atoms with Crippen molar-refractivity contribution in [3.05, 3.63) is 71.3 Å². The van der Waals surface area contributed by atoms with Crippen LogP contribution < -0.4 is 9.46 Å². The Morgan fingerprint density at radius 1 is 0.966 bits per heavy atom. The van der Waals surface area contributed by atoms with Crippen LogP contribution in [-0.4, -0.2) is 20.9 Å². The van der Waals surface area contributed by atoms with Crippen molar-refractivity contribution in [1.29, 1.82) is 0 Å². The molecule has 2 aromatic carbocycles. The number of carbonyl (C=O) groups is 1. The number of benzene rings is 2. The van der Waals surface area contributed by atoms with Crippen LogP contribution in [0.4, 0.5) is 0 Å². The first kappa shape index (κ1) is 21.2. The van der Waals surface area contributed by atoms with Crippen LogP contribution in [0.1, 0.15) is 23.1 Å². The summed E-state index contributed by atoms with van der Waals surface area (Å²) in [6.07, 6.45) is -0.0539. The summed E-state index contributed by atoms with van der Waals surface area (Å²) in [6, 6.07) is 16.3. The summed E-state index contributed by atoms with van der Waals surface area (Å²) in [7, 11) is -3.64. The molecule has 5 nitrogen and oxygen atoms in total. The molecule has 3 rings (SSSR count). The lowest BCUT2D eigenvalue weighted by Gasteiger charge is -2.07. The van der Waals surface area contributed by atoms with Gasteiger partial charge in [-0.1, -0.05) is 47.2 Å². The van der Waals surface area contributed by atoms with Crippen LogP contribution >= 0.6 is 11.3 Å². The van der Waals surface area contributed by atoms with E-state index >= 15 is 0 Å². The van der Waals surface area contributed by atoms with Gasteiger partial charge in [-0.3, -0.25) is 4.79 Å². The van der Waals surface area contributed by atoms with Gasteiger partial charge in [-0.25, -0.2) is 13.1 Å². The standard InChI is InChI=1S/C22H23NO4S2/c1-15-7-9-18(10-8-15)29(25,26)23-14-13-20(24)27-21-12-11-19(28-21)22-16(2)5-4-6-17(22)3/h4-12,23H,13-14H2,1-3H3. The average Bonchev–Trinajstić information content (AvgIpc) is 3.09. The van der Waals surface area contributed by atoms with Crippen molar-refractivity contribution >= 4 is 27.3 Å². The molecule has 29 heavy (non-hydrogen) atoms. The van der Waals surface area contributed by atoms with E-state index in [4.69, 9.17) is 4.74 Å². The number of sulfonamides is 1. The molecule has 0 amide bonds. The Morgan fingerprint density at radius 3 is 2.28 bits per heavy atom. The molecule has 0 unspecified atom stereocenters. The Bertz CT molecular complexity index is 1100. The Kier molecular flexibility index (Phi) is 6.52. The van der Waals surface area contributed by atoms with Gasteiger partial charge in [-0.15, -0.1) is 0 Å². The number of hydrogen-bond donors (Lipinski definition) is 1. The van der Waals surface area contributed by atoms with Crippen LogP contribution in [0.5, 0.6) is 5.06 Å². The quantitative estimate of drug-likeness (QED) is 0.557. The molecule has 0 spiro atoms. The highest BCUT2D eigenvalue weighted by Crippen LogP contribution is 2.36. The van der Waals surface area contributed by atoms with Gasteiger partial charge in [0.05, 0.1) is 11.3 Å². The SMILES string of the molecule is Cc1ccc(S(=O)(=O)NCCC(=O)Oc2ccc(-c3c(C)cccc3C)s2)cc1. The first-order chi connectivity index (χ1) is 13.8. The van der Waals surface area contributed by atoms with Crippen LogP contribution in [0.15, 0.2) is 59.5 Å². The molecule has 1 N–H and O–H groups in total. The zero-order chi connectivity index (χ0) is 21.0. The minimum atomic E-state index is -3.64. The van der Waals surface area contributed by atoms with Gasteiger partial charge in [-0.05, 0) is 61.7 Å². The van der Waals surface area contributed by atoms with Crippen molar-refractivity contribution in [2.45, 2.75) is 32.1 Å². The molecule has 0 fully saturated rings. The van der Waals surface area contributed by atoms with E-state index < -0.39 is 16.0 Å². The number of hydrogen-bond acceptors (Lipinski definition) is 5. The predicted molar refractivity (Wildman–Crippen MR) is 116 cm³/mol. The maximum Gasteiger partial charge on any atom is 0.313 e. The largest absolute Gasteiger partial charge is 0.415 e. The summed E-state index contributed by atoms with van der Waals surface area (Å²) in [5.41, 5.74) is 4.44. The molecule has 1 heterocycles. The summed E-state index contributed by atoms with van der Waals surface area (Å²) >= 11 is 1.40. The molecule has 0 aliphatic heterocycles. The molecule has 1 aromatic heterocycles. The Morgan fingerprint density at radius 2 is 1.62 bits per heavy atom. The number of carbonyl (C=O) groups excluding carboxylic acids is 1. The molecule has 7 heteroatoms. The van der Waals surface area contributed by atoms with Crippen LogP contribution in [0.3, 0.4) is 0 Å². The number of aryl methyl sites for hydroxylation is 3. The molecule has 0 atom stereocenters. The van der Waals surface area contributed by atoms with Crippen LogP contribution in [0.2, 0.25) is 0 Å². The molecule has 0 bridgehead atoms. The van der Waals surface area contributed by atoms with Crippen molar-refractivity contribution < 1.29 is 17.9 Å². The maximum atomic E-state index is 12.2. The minimum Gasteiger partial charge on any atom is -0.415 e. The summed E-state index contributed by atoms with van der Waals surface area (Å²) in [6.45, 7) is 5.96. The van der Waals surface area contributed by atoms with E-state index in [9.17, 15) is 13.2 Å². The van der Waals surface area contributed by atoms with Gasteiger partial charge in [-0.2, -0.15) is 0 Å². The Hall–Kier alpha value is -2.48. The minimum absolute atomic E-state index is 0.0236. The third kappa shape index (κ3) is 5.32. The van der Waals surface area contributed by atoms with E-state index in [0.717, 1.165) is 27.1 Å². The van der Waals surface area contributed by atoms with E-state index in [1.165, 1.54) is 23.5 Å². The fraction of sp³-hybridized carbons (Fsp3) is 0.227. The summed E-state index contributed by atoms with van der Waals surface area (Å²) < 4.78 is 32.3. The van der Waals surface area contributed by atoms with Gasteiger partial charge in [0.2, 0.25) is 10.0 Å². The zero-order valence-electron chi connectivity index (χ0n) is 16.6. The third-order valence-corrected chi connectivity index (χ3v) is 6.93. The van der Waals surface area contributed by atoms with Crippen LogP contribution in [-0.2, 0) is 14.8 Å². The van der Waals surface area contributed by atoms with E-state index in [2.05, 4.69) is 4.72 Å². The summed E-state index contributed by atoms with van der Waals surface area (Å²) in [4.78, 5) is 13.3. The molecule has 0 radical (unpaired) electrons. The van der Waals surface area contributed by atoms with E-state index in [-0.39, 0.29) is 17.9 Å². The highest BCUT2D eigenvalue weighted by Gasteiger charge is 2.15. The smallest absolute Gasteiger partial charge is 0.313 e. The second-order valence-corrected chi connectivity index (χ2v) is 9.63. The second kappa shape index (κ2) is 8.90. The fourth-order valence-electron chi connectivity index (χ4n) is 2.96. The zero-order valence-corrected chi connectivity index (χ0v) is 18.2. The van der Waals surface area contributed by atoms with Crippen LogP contribution in [0, 0.1) is 20.8 Å². The number of thiophene rings is 1.